The molecule has 10 N–H and O–H groups in total. The van der Waals surface area contributed by atoms with E-state index in [9.17, 15) is 19.2 Å². The van der Waals surface area contributed by atoms with Gasteiger partial charge in [0.25, 0.3) is 0 Å². The molecule has 0 saturated heterocycles. The molecule has 0 aliphatic carbocycles. The predicted octanol–water partition coefficient (Wildman–Crippen LogP) is 0.790. The van der Waals surface area contributed by atoms with Crippen LogP contribution >= 0.6 is 0 Å². The lowest BCUT2D eigenvalue weighted by Gasteiger charge is -2.24. The summed E-state index contributed by atoms with van der Waals surface area (Å²) in [5, 5.41) is 84.7. The van der Waals surface area contributed by atoms with Gasteiger partial charge in [0.15, 0.2) is 12.2 Å². The monoisotopic (exact) mass is 946 g/mol. The zero-order chi connectivity index (χ0) is 51.2. The van der Waals surface area contributed by atoms with Gasteiger partial charge in [-0.25, -0.2) is 19.6 Å². The number of likely N-dealkylation sites (N-methyl/N-ethyl adjacent to an activating group) is 2. The molecule has 6 aromatic rings. The fourth-order valence-corrected chi connectivity index (χ4v) is 6.17. The molecule has 2 amide bonds. The highest BCUT2D eigenvalue weighted by atomic mass is 16.4. The van der Waals surface area contributed by atoms with Crippen LogP contribution < -0.4 is 0 Å². The Labute approximate surface area is 392 Å². The maximum atomic E-state index is 12.3. The number of pyridine rings is 2. The van der Waals surface area contributed by atoms with E-state index in [-0.39, 0.29) is 11.8 Å². The number of aliphatic hydroxyl groups is 8. The van der Waals surface area contributed by atoms with Crippen molar-refractivity contribution in [2.75, 3.05) is 41.4 Å². The zero-order valence-corrected chi connectivity index (χ0v) is 39.2. The number of benzene rings is 2. The summed E-state index contributed by atoms with van der Waals surface area (Å²) in [6.45, 7) is 6.76. The molecule has 0 bridgehead atoms. The van der Waals surface area contributed by atoms with E-state index in [2.05, 4.69) is 62.4 Å². The summed E-state index contributed by atoms with van der Waals surface area (Å²) < 4.78 is 4.07. The van der Waals surface area contributed by atoms with Gasteiger partial charge in [-0.3, -0.25) is 9.59 Å². The van der Waals surface area contributed by atoms with Gasteiger partial charge in [-0.15, -0.1) is 0 Å². The van der Waals surface area contributed by atoms with Gasteiger partial charge in [-0.1, -0.05) is 71.8 Å². The third-order valence-corrected chi connectivity index (χ3v) is 10.3. The van der Waals surface area contributed by atoms with E-state index in [1.54, 1.807) is 38.0 Å². The Balaban J connectivity index is 0.000000256. The summed E-state index contributed by atoms with van der Waals surface area (Å²) >= 11 is 0. The largest absolute Gasteiger partial charge is 0.479 e. The number of hydrogen-bond acceptors (Lipinski definition) is 14. The van der Waals surface area contributed by atoms with Crippen molar-refractivity contribution in [3.63, 3.8) is 0 Å². The van der Waals surface area contributed by atoms with Gasteiger partial charge in [-0.05, 0) is 51.0 Å². The van der Waals surface area contributed by atoms with Gasteiger partial charge in [0, 0.05) is 51.7 Å². The Hall–Kier alpha value is -6.62. The minimum absolute atomic E-state index is 0.0710. The Kier molecular flexibility index (Phi) is 20.9. The Morgan fingerprint density at radius 1 is 0.500 bits per heavy atom. The zero-order valence-electron chi connectivity index (χ0n) is 39.2. The lowest BCUT2D eigenvalue weighted by Crippen LogP contribution is -2.46. The summed E-state index contributed by atoms with van der Waals surface area (Å²) in [5.41, 5.74) is 12.2. The maximum Gasteiger partial charge on any atom is 0.335 e. The number of aliphatic hydroxyl groups excluding tert-OH is 8. The molecule has 20 heteroatoms. The van der Waals surface area contributed by atoms with E-state index >= 15 is 0 Å². The first kappa shape index (κ1) is 55.7. The third kappa shape index (κ3) is 15.2. The molecule has 20 nitrogen and oxygen atoms in total. The van der Waals surface area contributed by atoms with Crippen LogP contribution in [0.5, 0.6) is 0 Å². The molecule has 2 unspecified atom stereocenters. The maximum absolute atomic E-state index is 12.3. The van der Waals surface area contributed by atoms with Gasteiger partial charge >= 0.3 is 11.9 Å². The molecule has 4 heterocycles. The summed E-state index contributed by atoms with van der Waals surface area (Å²) in [6.07, 6.45) is -6.18. The van der Waals surface area contributed by atoms with Crippen molar-refractivity contribution >= 4 is 35.0 Å². The number of hydrogen-bond donors (Lipinski definition) is 10. The molecule has 68 heavy (non-hydrogen) atoms. The number of fused-ring (bicyclic) bond motifs is 2. The molecule has 6 rings (SSSR count). The van der Waals surface area contributed by atoms with Crippen LogP contribution in [0.3, 0.4) is 0 Å². The van der Waals surface area contributed by atoms with Crippen LogP contribution in [0.1, 0.15) is 33.6 Å². The van der Waals surface area contributed by atoms with Crippen molar-refractivity contribution in [2.45, 2.75) is 77.2 Å². The van der Waals surface area contributed by atoms with Gasteiger partial charge in [0.1, 0.15) is 35.7 Å². The smallest absolute Gasteiger partial charge is 0.335 e. The highest BCUT2D eigenvalue weighted by molar-refractivity contribution is 5.83. The quantitative estimate of drug-likeness (QED) is 0.0722. The molecular weight excluding hydrogens is 885 g/mol. The van der Waals surface area contributed by atoms with Crippen LogP contribution in [0, 0.1) is 27.7 Å². The molecule has 2 aromatic carbocycles. The number of aliphatic carboxylic acids is 2. The van der Waals surface area contributed by atoms with Crippen LogP contribution in [0.4, 0.5) is 0 Å². The molecule has 0 saturated carbocycles. The summed E-state index contributed by atoms with van der Waals surface area (Å²) in [4.78, 5) is 56.8. The van der Waals surface area contributed by atoms with Crippen molar-refractivity contribution in [2.24, 2.45) is 0 Å². The van der Waals surface area contributed by atoms with Crippen molar-refractivity contribution in [1.29, 1.82) is 0 Å². The highest BCUT2D eigenvalue weighted by Crippen LogP contribution is 2.28. The van der Waals surface area contributed by atoms with Crippen molar-refractivity contribution in [3.05, 3.63) is 119 Å². The Morgan fingerprint density at radius 3 is 1.06 bits per heavy atom. The number of carbonyl (C=O) groups is 4. The molecule has 0 spiro atoms. The average molecular weight is 947 g/mol. The topological polar surface area (TPSA) is 312 Å². The van der Waals surface area contributed by atoms with Crippen LogP contribution in [0.25, 0.3) is 33.8 Å². The van der Waals surface area contributed by atoms with Gasteiger partial charge in [0.2, 0.25) is 11.8 Å². The number of aromatic nitrogens is 4. The fraction of sp³-hybridized carbons (Fsp3) is 0.375. The van der Waals surface area contributed by atoms with E-state index in [1.807, 2.05) is 59.3 Å². The molecule has 6 atom stereocenters. The molecular formula is C48H62N6O14. The summed E-state index contributed by atoms with van der Waals surface area (Å²) in [7, 11) is 7.12. The lowest BCUT2D eigenvalue weighted by molar-refractivity contribution is -0.165. The van der Waals surface area contributed by atoms with Crippen LogP contribution in [0.2, 0.25) is 0 Å². The molecule has 4 aromatic heterocycles. The summed E-state index contributed by atoms with van der Waals surface area (Å²) in [5.74, 6) is -3.40. The van der Waals surface area contributed by atoms with Crippen LogP contribution in [-0.2, 0) is 32.0 Å². The second-order valence-corrected chi connectivity index (χ2v) is 16.4. The van der Waals surface area contributed by atoms with E-state index in [4.69, 9.17) is 61.0 Å². The molecule has 0 aliphatic heterocycles. The second-order valence-electron chi connectivity index (χ2n) is 16.4. The van der Waals surface area contributed by atoms with Crippen molar-refractivity contribution < 1.29 is 70.2 Å². The number of carbonyl (C=O) groups excluding carboxylic acids is 2. The Bertz CT molecular complexity index is 2430. The van der Waals surface area contributed by atoms with E-state index < -0.39 is 61.8 Å². The number of nitrogens with zero attached hydrogens (tertiary/aromatic N) is 6. The van der Waals surface area contributed by atoms with E-state index in [0.717, 1.165) is 56.3 Å². The first-order valence-electron chi connectivity index (χ1n) is 21.2. The lowest BCUT2D eigenvalue weighted by atomic mass is 10.0. The standard InChI is InChI=1S/2C19H21N3O.C6H14O6.C4H6O6/c2*1-13-5-8-15(9-6-13)19-16(11-18(23)21(3)4)22-12-14(2)7-10-17(22)20-19;7-1-3(9)5(11)6(12)4(10)2-8;5-1(3(7)8)2(6)4(9)10/h2*5-10,12H,11H2,1-4H3;3-12H,1-2H2;1-2,5-6H,(H,7,8)(H,9,10)/t;;3-,4+,5-,6-;/m..1./s1. The number of aryl methyl sites for hydroxylation is 4. The Morgan fingerprint density at radius 2 is 0.794 bits per heavy atom. The molecule has 0 aliphatic rings. The third-order valence-electron chi connectivity index (χ3n) is 10.3. The van der Waals surface area contributed by atoms with Gasteiger partial charge < -0.3 is 69.7 Å². The van der Waals surface area contributed by atoms with Crippen LogP contribution in [-0.4, -0.2) is 181 Å². The minimum atomic E-state index is -2.27. The van der Waals surface area contributed by atoms with Crippen LogP contribution in [0.15, 0.2) is 85.2 Å². The normalized spacial score (nSPS) is 13.5. The van der Waals surface area contributed by atoms with Gasteiger partial charge in [-0.2, -0.15) is 0 Å². The number of imidazole rings is 2. The number of amides is 2. The summed E-state index contributed by atoms with van der Waals surface area (Å²) in [6, 6.07) is 24.6. The van der Waals surface area contributed by atoms with Gasteiger partial charge in [0.05, 0.1) is 48.8 Å². The molecule has 368 valence electrons. The highest BCUT2D eigenvalue weighted by Gasteiger charge is 2.30. The minimum Gasteiger partial charge on any atom is -0.479 e. The second kappa shape index (κ2) is 25.5. The SMILES string of the molecule is Cc1ccc(-c2nc3ccc(C)cn3c2CC(=O)N(C)C)cc1.Cc1ccc(-c2nc3ccc(C)cn3c2CC(=O)N(C)C)cc1.O=C(O)C(O)C(O)C(=O)O.OC[C@@H](O)[C@@H](O)[C@H](O)[C@@H](O)CO. The number of carboxylic acid groups (broad SMARTS) is 2. The fourth-order valence-electron chi connectivity index (χ4n) is 6.17. The number of rotatable bonds is 14. The van der Waals surface area contributed by atoms with E-state index in [1.165, 1.54) is 11.1 Å². The first-order chi connectivity index (χ1) is 31.9. The van der Waals surface area contributed by atoms with E-state index in [0.29, 0.717) is 12.8 Å². The average Bonchev–Trinajstić information content (AvgIpc) is 3.84. The van der Waals surface area contributed by atoms with Crippen molar-refractivity contribution in [1.82, 2.24) is 28.6 Å². The number of carboxylic acids is 2. The predicted molar refractivity (Wildman–Crippen MR) is 250 cm³/mol. The molecule has 0 radical (unpaired) electrons. The first-order valence-corrected chi connectivity index (χ1v) is 21.2. The van der Waals surface area contributed by atoms with Crippen molar-refractivity contribution in [3.8, 4) is 22.5 Å². The molecule has 0 fully saturated rings.